The summed E-state index contributed by atoms with van der Waals surface area (Å²) < 4.78 is 0. The second kappa shape index (κ2) is 5.56. The monoisotopic (exact) mass is 225 g/mol. The van der Waals surface area contributed by atoms with E-state index in [1.165, 1.54) is 30.7 Å². The summed E-state index contributed by atoms with van der Waals surface area (Å²) in [5.74, 6) is 1.25. The lowest BCUT2D eigenvalue weighted by Crippen LogP contribution is -2.26. The van der Waals surface area contributed by atoms with Crippen LogP contribution < -0.4 is 5.32 Å². The molecule has 0 spiro atoms. The highest BCUT2D eigenvalue weighted by Crippen LogP contribution is 2.29. The summed E-state index contributed by atoms with van der Waals surface area (Å²) in [6.45, 7) is 3.17. The van der Waals surface area contributed by atoms with Crippen LogP contribution in [0.25, 0.3) is 0 Å². The lowest BCUT2D eigenvalue weighted by atomic mass is 10.2. The van der Waals surface area contributed by atoms with E-state index in [9.17, 15) is 0 Å². The average molecular weight is 225 g/mol. The van der Waals surface area contributed by atoms with E-state index >= 15 is 0 Å². The summed E-state index contributed by atoms with van der Waals surface area (Å²) in [4.78, 5) is 0. The van der Waals surface area contributed by atoms with Gasteiger partial charge in [0.2, 0.25) is 0 Å². The smallest absolute Gasteiger partial charge is 0.0490 e. The van der Waals surface area contributed by atoms with E-state index in [1.807, 2.05) is 6.07 Å². The lowest BCUT2D eigenvalue weighted by molar-refractivity contribution is 0.520. The number of rotatable bonds is 5. The number of nitrogens with zero attached hydrogens (tertiary/aromatic N) is 1. The molecule has 2 rings (SSSR count). The minimum absolute atomic E-state index is 0.706. The van der Waals surface area contributed by atoms with Crippen LogP contribution in [-0.4, -0.2) is 27.2 Å². The van der Waals surface area contributed by atoms with Crippen LogP contribution in [0.2, 0.25) is 0 Å². The van der Waals surface area contributed by atoms with Gasteiger partial charge in [-0.15, -0.1) is 0 Å². The first kappa shape index (κ1) is 11.0. The Labute approximate surface area is 95.4 Å². The predicted molar refractivity (Wildman–Crippen MR) is 65.0 cm³/mol. The summed E-state index contributed by atoms with van der Waals surface area (Å²) in [5, 5.41) is 11.4. The molecule has 0 bridgehead atoms. The third-order valence-electron chi connectivity index (χ3n) is 2.93. The Bertz CT molecular complexity index is 273. The zero-order valence-corrected chi connectivity index (χ0v) is 10.0. The zero-order valence-electron chi connectivity index (χ0n) is 9.20. The second-order valence-electron chi connectivity index (χ2n) is 4.05. The molecule has 1 fully saturated rings. The highest BCUT2D eigenvalue weighted by molar-refractivity contribution is 7.99. The maximum atomic E-state index is 3.94. The van der Waals surface area contributed by atoms with E-state index in [1.54, 1.807) is 6.20 Å². The SMILES string of the molecule is CCSC1CCC(NCc2ccn[nH]2)C1. The molecule has 0 aliphatic heterocycles. The summed E-state index contributed by atoms with van der Waals surface area (Å²) in [6.07, 6.45) is 5.83. The topological polar surface area (TPSA) is 40.7 Å². The molecule has 2 atom stereocenters. The van der Waals surface area contributed by atoms with Crippen LogP contribution in [0.1, 0.15) is 31.9 Å². The lowest BCUT2D eigenvalue weighted by Gasteiger charge is -2.11. The van der Waals surface area contributed by atoms with Gasteiger partial charge in [-0.05, 0) is 31.1 Å². The van der Waals surface area contributed by atoms with Crippen LogP contribution in [0.4, 0.5) is 0 Å². The minimum atomic E-state index is 0.706. The van der Waals surface area contributed by atoms with Gasteiger partial charge in [-0.3, -0.25) is 5.10 Å². The Morgan fingerprint density at radius 3 is 3.27 bits per heavy atom. The summed E-state index contributed by atoms with van der Waals surface area (Å²) in [5.41, 5.74) is 1.18. The summed E-state index contributed by atoms with van der Waals surface area (Å²) in [6, 6.07) is 2.73. The van der Waals surface area contributed by atoms with E-state index in [0.29, 0.717) is 6.04 Å². The van der Waals surface area contributed by atoms with Crippen molar-refractivity contribution in [3.8, 4) is 0 Å². The van der Waals surface area contributed by atoms with Gasteiger partial charge >= 0.3 is 0 Å². The molecule has 3 nitrogen and oxygen atoms in total. The van der Waals surface area contributed by atoms with Crippen molar-refractivity contribution in [2.24, 2.45) is 0 Å². The first-order valence-corrected chi connectivity index (χ1v) is 6.76. The van der Waals surface area contributed by atoms with Gasteiger partial charge < -0.3 is 5.32 Å². The second-order valence-corrected chi connectivity index (χ2v) is 5.63. The highest BCUT2D eigenvalue weighted by Gasteiger charge is 2.23. The van der Waals surface area contributed by atoms with E-state index in [-0.39, 0.29) is 0 Å². The number of H-pyrrole nitrogens is 1. The molecule has 1 heterocycles. The van der Waals surface area contributed by atoms with Crippen LogP contribution in [0.15, 0.2) is 12.3 Å². The van der Waals surface area contributed by atoms with Crippen molar-refractivity contribution in [1.82, 2.24) is 15.5 Å². The molecule has 2 N–H and O–H groups in total. The predicted octanol–water partition coefficient (Wildman–Crippen LogP) is 2.17. The fourth-order valence-corrected chi connectivity index (χ4v) is 3.29. The van der Waals surface area contributed by atoms with Gasteiger partial charge in [0, 0.05) is 29.7 Å². The standard InChI is InChI=1S/C11H19N3S/c1-2-15-11-4-3-9(7-11)12-8-10-5-6-13-14-10/h5-6,9,11-12H,2-4,7-8H2,1H3,(H,13,14). The first-order chi connectivity index (χ1) is 7.38. The molecule has 0 amide bonds. The molecule has 2 unspecified atom stereocenters. The Morgan fingerprint density at radius 1 is 1.60 bits per heavy atom. The summed E-state index contributed by atoms with van der Waals surface area (Å²) >= 11 is 2.11. The van der Waals surface area contributed by atoms with Gasteiger partial charge in [-0.1, -0.05) is 6.92 Å². The third kappa shape index (κ3) is 3.24. The Balaban J connectivity index is 1.69. The fraction of sp³-hybridized carbons (Fsp3) is 0.727. The third-order valence-corrected chi connectivity index (χ3v) is 4.16. The zero-order chi connectivity index (χ0) is 10.5. The van der Waals surface area contributed by atoms with Crippen molar-refractivity contribution in [3.63, 3.8) is 0 Å². The molecule has 84 valence electrons. The molecule has 1 aliphatic rings. The van der Waals surface area contributed by atoms with Crippen molar-refractivity contribution in [1.29, 1.82) is 0 Å². The maximum absolute atomic E-state index is 3.94. The highest BCUT2D eigenvalue weighted by atomic mass is 32.2. The number of aromatic nitrogens is 2. The van der Waals surface area contributed by atoms with Gasteiger partial charge in [0.15, 0.2) is 0 Å². The molecule has 4 heteroatoms. The number of thioether (sulfide) groups is 1. The van der Waals surface area contributed by atoms with E-state index < -0.39 is 0 Å². The van der Waals surface area contributed by atoms with Gasteiger partial charge in [0.25, 0.3) is 0 Å². The number of nitrogens with one attached hydrogen (secondary N) is 2. The molecule has 1 aliphatic carbocycles. The molecule has 0 radical (unpaired) electrons. The van der Waals surface area contributed by atoms with Crippen LogP contribution in [0.5, 0.6) is 0 Å². The van der Waals surface area contributed by atoms with Gasteiger partial charge in [0.05, 0.1) is 0 Å². The normalized spacial score (nSPS) is 25.9. The number of aromatic amines is 1. The molecule has 15 heavy (non-hydrogen) atoms. The Morgan fingerprint density at radius 2 is 2.53 bits per heavy atom. The number of hydrogen-bond donors (Lipinski definition) is 2. The van der Waals surface area contributed by atoms with Gasteiger partial charge in [0.1, 0.15) is 0 Å². The molecular formula is C11H19N3S. The molecule has 1 saturated carbocycles. The molecule has 0 aromatic carbocycles. The first-order valence-electron chi connectivity index (χ1n) is 5.71. The van der Waals surface area contributed by atoms with Crippen LogP contribution in [0, 0.1) is 0 Å². The van der Waals surface area contributed by atoms with Crippen molar-refractivity contribution >= 4 is 11.8 Å². The van der Waals surface area contributed by atoms with Crippen LogP contribution in [-0.2, 0) is 6.54 Å². The fourth-order valence-electron chi connectivity index (χ4n) is 2.15. The van der Waals surface area contributed by atoms with Crippen molar-refractivity contribution in [2.75, 3.05) is 5.75 Å². The quantitative estimate of drug-likeness (QED) is 0.807. The molecule has 1 aromatic rings. The molecule has 0 saturated heterocycles. The minimum Gasteiger partial charge on any atom is -0.308 e. The average Bonchev–Trinajstić information content (AvgIpc) is 2.85. The molecule has 1 aromatic heterocycles. The van der Waals surface area contributed by atoms with Crippen molar-refractivity contribution in [3.05, 3.63) is 18.0 Å². The molecular weight excluding hydrogens is 206 g/mol. The maximum Gasteiger partial charge on any atom is 0.0490 e. The Kier molecular flexibility index (Phi) is 4.09. The van der Waals surface area contributed by atoms with Crippen LogP contribution in [0.3, 0.4) is 0 Å². The Hall–Kier alpha value is -0.480. The largest absolute Gasteiger partial charge is 0.308 e. The van der Waals surface area contributed by atoms with Gasteiger partial charge in [-0.25, -0.2) is 0 Å². The number of hydrogen-bond acceptors (Lipinski definition) is 3. The summed E-state index contributed by atoms with van der Waals surface area (Å²) in [7, 11) is 0. The van der Waals surface area contributed by atoms with Crippen molar-refractivity contribution in [2.45, 2.75) is 44.0 Å². The van der Waals surface area contributed by atoms with E-state index in [2.05, 4.69) is 34.2 Å². The van der Waals surface area contributed by atoms with E-state index in [0.717, 1.165) is 11.8 Å². The van der Waals surface area contributed by atoms with Crippen LogP contribution >= 0.6 is 11.8 Å². The van der Waals surface area contributed by atoms with Crippen molar-refractivity contribution < 1.29 is 0 Å². The van der Waals surface area contributed by atoms with E-state index in [4.69, 9.17) is 0 Å². The van der Waals surface area contributed by atoms with Gasteiger partial charge in [-0.2, -0.15) is 16.9 Å².